The molecule has 0 unspecified atom stereocenters. The topological polar surface area (TPSA) is 50.4 Å². The maximum atomic E-state index is 11.3. The van der Waals surface area contributed by atoms with E-state index in [2.05, 4.69) is 16.7 Å². The second kappa shape index (κ2) is 4.65. The molecular weight excluding hydrogens is 240 g/mol. The van der Waals surface area contributed by atoms with Crippen molar-refractivity contribution < 1.29 is 9.53 Å². The van der Waals surface area contributed by atoms with Gasteiger partial charge < -0.3 is 15.4 Å². The van der Waals surface area contributed by atoms with E-state index in [0.717, 1.165) is 22.5 Å². The summed E-state index contributed by atoms with van der Waals surface area (Å²) in [6.07, 6.45) is 0. The molecule has 0 radical (unpaired) electrons. The minimum absolute atomic E-state index is 0.0849. The molecule has 0 bridgehead atoms. The first kappa shape index (κ1) is 11.6. The smallest absolute Gasteiger partial charge is 0.262 e. The second-order valence-electron chi connectivity index (χ2n) is 4.38. The van der Waals surface area contributed by atoms with E-state index in [1.807, 2.05) is 43.4 Å². The number of hydrogen-bond donors (Lipinski definition) is 2. The number of fused-ring (bicyclic) bond motifs is 1. The molecule has 0 saturated heterocycles. The lowest BCUT2D eigenvalue weighted by Gasteiger charge is -2.18. The number of benzene rings is 2. The molecule has 2 aromatic rings. The Hall–Kier alpha value is -2.49. The van der Waals surface area contributed by atoms with Gasteiger partial charge in [-0.25, -0.2) is 0 Å². The van der Waals surface area contributed by atoms with E-state index in [0.29, 0.717) is 5.75 Å². The van der Waals surface area contributed by atoms with Gasteiger partial charge in [-0.1, -0.05) is 18.2 Å². The summed E-state index contributed by atoms with van der Waals surface area (Å²) in [5, 5.41) is 5.93. The van der Waals surface area contributed by atoms with Gasteiger partial charge in [-0.2, -0.15) is 0 Å². The number of hydrogen-bond acceptors (Lipinski definition) is 3. The molecule has 3 rings (SSSR count). The van der Waals surface area contributed by atoms with E-state index in [-0.39, 0.29) is 12.5 Å². The maximum Gasteiger partial charge on any atom is 0.262 e. The molecule has 1 amide bonds. The fraction of sp³-hybridized carbons (Fsp3) is 0.133. The Morgan fingerprint density at radius 3 is 2.84 bits per heavy atom. The molecule has 1 aliphatic rings. The fourth-order valence-electron chi connectivity index (χ4n) is 2.12. The molecular formula is C15H14N2O2. The normalized spacial score (nSPS) is 13.2. The zero-order valence-electron chi connectivity index (χ0n) is 10.6. The molecule has 0 atom stereocenters. The molecule has 0 spiro atoms. The number of rotatable bonds is 2. The van der Waals surface area contributed by atoms with Crippen LogP contribution in [-0.4, -0.2) is 19.6 Å². The second-order valence-corrected chi connectivity index (χ2v) is 4.38. The third kappa shape index (κ3) is 2.25. The Morgan fingerprint density at radius 1 is 1.16 bits per heavy atom. The minimum Gasteiger partial charge on any atom is -0.482 e. The van der Waals surface area contributed by atoms with Crippen molar-refractivity contribution in [1.82, 2.24) is 0 Å². The van der Waals surface area contributed by atoms with Crippen LogP contribution in [0.5, 0.6) is 5.75 Å². The average molecular weight is 254 g/mol. The average Bonchev–Trinajstić information content (AvgIpc) is 2.46. The molecule has 4 heteroatoms. The highest BCUT2D eigenvalue weighted by Gasteiger charge is 2.16. The molecule has 96 valence electrons. The SMILES string of the molecule is CNc1cccc(-c2ccc3c(c2)NC(=O)CO3)c1. The Morgan fingerprint density at radius 2 is 2.00 bits per heavy atom. The monoisotopic (exact) mass is 254 g/mol. The van der Waals surface area contributed by atoms with Crippen LogP contribution in [0.25, 0.3) is 11.1 Å². The van der Waals surface area contributed by atoms with E-state index < -0.39 is 0 Å². The summed E-state index contributed by atoms with van der Waals surface area (Å²) < 4.78 is 5.35. The van der Waals surface area contributed by atoms with Crippen molar-refractivity contribution >= 4 is 17.3 Å². The lowest BCUT2D eigenvalue weighted by molar-refractivity contribution is -0.118. The number of ether oxygens (including phenoxy) is 1. The Balaban J connectivity index is 2.01. The van der Waals surface area contributed by atoms with Crippen LogP contribution in [-0.2, 0) is 4.79 Å². The van der Waals surface area contributed by atoms with E-state index in [1.54, 1.807) is 0 Å². The third-order valence-electron chi connectivity index (χ3n) is 3.10. The predicted molar refractivity (Wildman–Crippen MR) is 75.5 cm³/mol. The number of nitrogens with one attached hydrogen (secondary N) is 2. The summed E-state index contributed by atoms with van der Waals surface area (Å²) in [5.74, 6) is 0.599. The summed E-state index contributed by atoms with van der Waals surface area (Å²) in [7, 11) is 1.89. The molecule has 19 heavy (non-hydrogen) atoms. The van der Waals surface area contributed by atoms with E-state index in [4.69, 9.17) is 4.74 Å². The third-order valence-corrected chi connectivity index (χ3v) is 3.10. The summed E-state index contributed by atoms with van der Waals surface area (Å²) in [5.41, 5.74) is 3.91. The van der Waals surface area contributed by atoms with Gasteiger partial charge in [0.2, 0.25) is 0 Å². The zero-order valence-corrected chi connectivity index (χ0v) is 10.6. The molecule has 0 saturated carbocycles. The minimum atomic E-state index is -0.117. The lowest BCUT2D eigenvalue weighted by Crippen LogP contribution is -2.25. The maximum absolute atomic E-state index is 11.3. The van der Waals surface area contributed by atoms with Crippen LogP contribution in [0, 0.1) is 0 Å². The highest BCUT2D eigenvalue weighted by atomic mass is 16.5. The van der Waals surface area contributed by atoms with Crippen LogP contribution in [0.3, 0.4) is 0 Å². The van der Waals surface area contributed by atoms with Gasteiger partial charge in [-0.3, -0.25) is 4.79 Å². The number of anilines is 2. The number of carbonyl (C=O) groups excluding carboxylic acids is 1. The van der Waals surface area contributed by atoms with Crippen molar-refractivity contribution in [2.75, 3.05) is 24.3 Å². The van der Waals surface area contributed by atoms with Crippen molar-refractivity contribution in [2.24, 2.45) is 0 Å². The standard InChI is InChI=1S/C15H14N2O2/c1-16-12-4-2-3-10(7-12)11-5-6-14-13(8-11)17-15(18)9-19-14/h2-8,16H,9H2,1H3,(H,17,18). The molecule has 1 heterocycles. The van der Waals surface area contributed by atoms with Crippen molar-refractivity contribution in [3.8, 4) is 16.9 Å². The first-order valence-corrected chi connectivity index (χ1v) is 6.11. The van der Waals surface area contributed by atoms with Gasteiger partial charge in [0.1, 0.15) is 5.75 Å². The van der Waals surface area contributed by atoms with E-state index >= 15 is 0 Å². The Labute approximate surface area is 111 Å². The Kier molecular flexibility index (Phi) is 2.83. The van der Waals surface area contributed by atoms with Crippen molar-refractivity contribution in [1.29, 1.82) is 0 Å². The summed E-state index contributed by atoms with van der Waals surface area (Å²) >= 11 is 0. The van der Waals surface area contributed by atoms with Gasteiger partial charge in [0.15, 0.2) is 6.61 Å². The summed E-state index contributed by atoms with van der Waals surface area (Å²) in [4.78, 5) is 11.3. The number of amides is 1. The summed E-state index contributed by atoms with van der Waals surface area (Å²) in [6, 6.07) is 13.9. The first-order valence-electron chi connectivity index (χ1n) is 6.11. The van der Waals surface area contributed by atoms with E-state index in [1.165, 1.54) is 0 Å². The van der Waals surface area contributed by atoms with Crippen molar-refractivity contribution in [3.05, 3.63) is 42.5 Å². The van der Waals surface area contributed by atoms with Crippen molar-refractivity contribution in [2.45, 2.75) is 0 Å². The molecule has 4 nitrogen and oxygen atoms in total. The van der Waals surface area contributed by atoms with Crippen molar-refractivity contribution in [3.63, 3.8) is 0 Å². The Bertz CT molecular complexity index is 638. The molecule has 2 N–H and O–H groups in total. The highest BCUT2D eigenvalue weighted by molar-refractivity contribution is 5.96. The van der Waals surface area contributed by atoms with Crippen LogP contribution in [0.1, 0.15) is 0 Å². The summed E-state index contributed by atoms with van der Waals surface area (Å²) in [6.45, 7) is 0.0849. The van der Waals surface area contributed by atoms with Gasteiger partial charge in [0.25, 0.3) is 5.91 Å². The highest BCUT2D eigenvalue weighted by Crippen LogP contribution is 2.33. The van der Waals surface area contributed by atoms with Crippen LogP contribution in [0.4, 0.5) is 11.4 Å². The van der Waals surface area contributed by atoms with Gasteiger partial charge in [0, 0.05) is 12.7 Å². The van der Waals surface area contributed by atoms with Gasteiger partial charge in [-0.05, 0) is 35.4 Å². The quantitative estimate of drug-likeness (QED) is 0.866. The molecule has 0 fully saturated rings. The van der Waals surface area contributed by atoms with Crippen LogP contribution in [0.15, 0.2) is 42.5 Å². The van der Waals surface area contributed by atoms with Crippen LogP contribution in [0.2, 0.25) is 0 Å². The fourth-order valence-corrected chi connectivity index (χ4v) is 2.12. The molecule has 1 aliphatic heterocycles. The van der Waals surface area contributed by atoms with E-state index in [9.17, 15) is 4.79 Å². The van der Waals surface area contributed by atoms with Crippen LogP contribution >= 0.6 is 0 Å². The lowest BCUT2D eigenvalue weighted by atomic mass is 10.0. The molecule has 2 aromatic carbocycles. The van der Waals surface area contributed by atoms with Gasteiger partial charge in [0.05, 0.1) is 5.69 Å². The predicted octanol–water partition coefficient (Wildman–Crippen LogP) is 2.73. The molecule has 0 aromatic heterocycles. The zero-order chi connectivity index (χ0) is 13.2. The first-order chi connectivity index (χ1) is 9.26. The van der Waals surface area contributed by atoms with Crippen LogP contribution < -0.4 is 15.4 Å². The number of carbonyl (C=O) groups is 1. The molecule has 0 aliphatic carbocycles. The van der Waals surface area contributed by atoms with Gasteiger partial charge >= 0.3 is 0 Å². The largest absolute Gasteiger partial charge is 0.482 e. The van der Waals surface area contributed by atoms with Gasteiger partial charge in [-0.15, -0.1) is 0 Å².